The predicted molar refractivity (Wildman–Crippen MR) is 70.8 cm³/mol. The molecule has 0 fully saturated rings. The number of nitrogens with zero attached hydrogens (tertiary/aromatic N) is 3. The van der Waals surface area contributed by atoms with E-state index < -0.39 is 6.03 Å². The molecule has 0 aliphatic rings. The molecule has 1 aromatic carbocycles. The summed E-state index contributed by atoms with van der Waals surface area (Å²) in [5.41, 5.74) is 1.92. The molecule has 0 unspecified atom stereocenters. The Kier molecular flexibility index (Phi) is 2.77. The molecule has 3 N–H and O–H groups in total. The number of urea groups is 1. The number of nitrogens with one attached hydrogen (secondary N) is 3. The zero-order valence-electron chi connectivity index (χ0n) is 9.79. The molecule has 19 heavy (non-hydrogen) atoms. The van der Waals surface area contributed by atoms with Crippen LogP contribution in [-0.2, 0) is 0 Å². The van der Waals surface area contributed by atoms with E-state index in [1.165, 1.54) is 6.33 Å². The van der Waals surface area contributed by atoms with Gasteiger partial charge in [-0.1, -0.05) is 18.2 Å². The van der Waals surface area contributed by atoms with Crippen molar-refractivity contribution >= 4 is 28.8 Å². The first-order chi connectivity index (χ1) is 9.31. The second kappa shape index (κ2) is 4.73. The quantitative estimate of drug-likeness (QED) is 0.651. The number of fused-ring (bicyclic) bond motifs is 1. The van der Waals surface area contributed by atoms with Crippen LogP contribution in [0.3, 0.4) is 0 Å². The van der Waals surface area contributed by atoms with E-state index in [2.05, 4.69) is 30.6 Å². The van der Waals surface area contributed by atoms with Crippen molar-refractivity contribution in [1.29, 1.82) is 0 Å². The molecule has 0 atom stereocenters. The van der Waals surface area contributed by atoms with E-state index in [-0.39, 0.29) is 5.95 Å². The van der Waals surface area contributed by atoms with Gasteiger partial charge in [0.2, 0.25) is 5.95 Å². The van der Waals surface area contributed by atoms with Gasteiger partial charge in [-0.25, -0.2) is 14.8 Å². The van der Waals surface area contributed by atoms with E-state index in [0.29, 0.717) is 16.9 Å². The average molecular weight is 254 g/mol. The Morgan fingerprint density at radius 3 is 2.79 bits per heavy atom. The first-order valence-electron chi connectivity index (χ1n) is 5.60. The van der Waals surface area contributed by atoms with Gasteiger partial charge in [-0.2, -0.15) is 4.98 Å². The normalized spacial score (nSPS) is 10.3. The molecule has 0 aliphatic carbocycles. The maximum absolute atomic E-state index is 11.7. The molecule has 0 aliphatic heterocycles. The van der Waals surface area contributed by atoms with Crippen LogP contribution in [0.4, 0.5) is 16.4 Å². The first-order valence-corrected chi connectivity index (χ1v) is 5.60. The summed E-state index contributed by atoms with van der Waals surface area (Å²) < 4.78 is 0. The zero-order valence-corrected chi connectivity index (χ0v) is 9.79. The smallest absolute Gasteiger partial charge is 0.326 e. The van der Waals surface area contributed by atoms with E-state index in [0.717, 1.165) is 0 Å². The molecule has 0 radical (unpaired) electrons. The number of para-hydroxylation sites is 1. The lowest BCUT2D eigenvalue weighted by Gasteiger charge is -2.05. The van der Waals surface area contributed by atoms with Crippen LogP contribution in [0.2, 0.25) is 0 Å². The van der Waals surface area contributed by atoms with Crippen LogP contribution in [0.1, 0.15) is 0 Å². The van der Waals surface area contributed by atoms with Gasteiger partial charge in [-0.05, 0) is 12.1 Å². The molecule has 2 aromatic heterocycles. The zero-order chi connectivity index (χ0) is 13.1. The van der Waals surface area contributed by atoms with Gasteiger partial charge < -0.3 is 10.3 Å². The number of imidazole rings is 1. The number of carbonyl (C=O) groups excluding carboxylic acids is 1. The van der Waals surface area contributed by atoms with Crippen LogP contribution < -0.4 is 10.6 Å². The van der Waals surface area contributed by atoms with E-state index in [9.17, 15) is 4.79 Å². The van der Waals surface area contributed by atoms with Gasteiger partial charge in [0, 0.05) is 5.69 Å². The topological polar surface area (TPSA) is 95.6 Å². The summed E-state index contributed by atoms with van der Waals surface area (Å²) in [6.07, 6.45) is 3.08. The van der Waals surface area contributed by atoms with Gasteiger partial charge >= 0.3 is 6.03 Å². The van der Waals surface area contributed by atoms with Crippen molar-refractivity contribution in [3.8, 4) is 0 Å². The van der Waals surface area contributed by atoms with Crippen molar-refractivity contribution in [2.45, 2.75) is 0 Å². The fourth-order valence-corrected chi connectivity index (χ4v) is 1.58. The number of rotatable bonds is 2. The fraction of sp³-hybridized carbons (Fsp3) is 0. The Hall–Kier alpha value is -2.96. The minimum atomic E-state index is -0.402. The standard InChI is InChI=1S/C12H10N6O/c19-12(16-8-4-2-1-3-5-8)18-11-13-6-9-10(17-11)15-7-14-9/h1-7H,(H3,13,14,15,16,17,18,19). The molecule has 2 heterocycles. The lowest BCUT2D eigenvalue weighted by atomic mass is 10.3. The maximum Gasteiger partial charge on any atom is 0.326 e. The predicted octanol–water partition coefficient (Wildman–Crippen LogP) is 2.00. The number of anilines is 2. The molecule has 0 spiro atoms. The second-order valence-corrected chi connectivity index (χ2v) is 3.78. The fourth-order valence-electron chi connectivity index (χ4n) is 1.58. The highest BCUT2D eigenvalue weighted by atomic mass is 16.2. The van der Waals surface area contributed by atoms with Crippen LogP contribution in [0.15, 0.2) is 42.9 Å². The van der Waals surface area contributed by atoms with E-state index in [1.807, 2.05) is 18.2 Å². The van der Waals surface area contributed by atoms with Gasteiger partial charge in [-0.3, -0.25) is 5.32 Å². The van der Waals surface area contributed by atoms with Crippen LogP contribution in [0.25, 0.3) is 11.2 Å². The Labute approximate surface area is 108 Å². The van der Waals surface area contributed by atoms with Crippen molar-refractivity contribution in [2.75, 3.05) is 10.6 Å². The number of carbonyl (C=O) groups is 1. The molecule has 0 saturated carbocycles. The van der Waals surface area contributed by atoms with E-state index in [1.54, 1.807) is 18.3 Å². The third kappa shape index (κ3) is 2.49. The highest BCUT2D eigenvalue weighted by Crippen LogP contribution is 2.08. The second-order valence-electron chi connectivity index (χ2n) is 3.78. The van der Waals surface area contributed by atoms with Crippen molar-refractivity contribution in [3.63, 3.8) is 0 Å². The molecular weight excluding hydrogens is 244 g/mol. The highest BCUT2D eigenvalue weighted by Gasteiger charge is 2.06. The molecule has 7 heteroatoms. The molecule has 94 valence electrons. The van der Waals surface area contributed by atoms with Crippen molar-refractivity contribution in [3.05, 3.63) is 42.9 Å². The number of H-pyrrole nitrogens is 1. The molecule has 2 amide bonds. The number of amides is 2. The molecule has 3 aromatic rings. The van der Waals surface area contributed by atoms with Crippen molar-refractivity contribution < 1.29 is 4.79 Å². The first kappa shape index (κ1) is 11.1. The van der Waals surface area contributed by atoms with Crippen LogP contribution >= 0.6 is 0 Å². The Morgan fingerprint density at radius 2 is 1.95 bits per heavy atom. The number of hydrogen-bond acceptors (Lipinski definition) is 4. The highest BCUT2D eigenvalue weighted by molar-refractivity contribution is 5.98. The summed E-state index contributed by atoms with van der Waals surface area (Å²) in [6.45, 7) is 0. The van der Waals surface area contributed by atoms with Gasteiger partial charge in [0.1, 0.15) is 5.52 Å². The third-order valence-corrected chi connectivity index (χ3v) is 2.43. The Morgan fingerprint density at radius 1 is 1.11 bits per heavy atom. The van der Waals surface area contributed by atoms with Crippen molar-refractivity contribution in [2.24, 2.45) is 0 Å². The molecular formula is C12H10N6O. The lowest BCUT2D eigenvalue weighted by Crippen LogP contribution is -2.20. The number of aromatic nitrogens is 4. The Balaban J connectivity index is 1.72. The third-order valence-electron chi connectivity index (χ3n) is 2.43. The van der Waals surface area contributed by atoms with E-state index in [4.69, 9.17) is 0 Å². The number of benzene rings is 1. The minimum absolute atomic E-state index is 0.202. The van der Waals surface area contributed by atoms with Gasteiger partial charge in [0.15, 0.2) is 5.65 Å². The van der Waals surface area contributed by atoms with Crippen molar-refractivity contribution in [1.82, 2.24) is 19.9 Å². The molecule has 0 saturated heterocycles. The van der Waals surface area contributed by atoms with E-state index >= 15 is 0 Å². The maximum atomic E-state index is 11.7. The molecule has 0 bridgehead atoms. The summed E-state index contributed by atoms with van der Waals surface area (Å²) in [5, 5.41) is 5.22. The summed E-state index contributed by atoms with van der Waals surface area (Å²) in [7, 11) is 0. The summed E-state index contributed by atoms with van der Waals surface area (Å²) in [6, 6.07) is 8.72. The monoisotopic (exact) mass is 254 g/mol. The summed E-state index contributed by atoms with van der Waals surface area (Å²) in [4.78, 5) is 26.7. The van der Waals surface area contributed by atoms with Gasteiger partial charge in [0.05, 0.1) is 12.5 Å². The SMILES string of the molecule is O=C(Nc1ccccc1)Nc1ncc2[nH]cnc2n1. The number of aromatic amines is 1. The molecule has 7 nitrogen and oxygen atoms in total. The van der Waals surface area contributed by atoms with Gasteiger partial charge in [-0.15, -0.1) is 0 Å². The van der Waals surface area contributed by atoms with Crippen LogP contribution in [0.5, 0.6) is 0 Å². The Bertz CT molecular complexity index is 708. The molecule has 3 rings (SSSR count). The lowest BCUT2D eigenvalue weighted by molar-refractivity contribution is 0.262. The summed E-state index contributed by atoms with van der Waals surface area (Å²) in [5.74, 6) is 0.202. The number of hydrogen-bond donors (Lipinski definition) is 3. The van der Waals surface area contributed by atoms with Crippen LogP contribution in [0, 0.1) is 0 Å². The minimum Gasteiger partial charge on any atom is -0.342 e. The average Bonchev–Trinajstić information content (AvgIpc) is 2.87. The van der Waals surface area contributed by atoms with Gasteiger partial charge in [0.25, 0.3) is 0 Å². The summed E-state index contributed by atoms with van der Waals surface area (Å²) >= 11 is 0. The largest absolute Gasteiger partial charge is 0.342 e. The van der Waals surface area contributed by atoms with Crippen LogP contribution in [-0.4, -0.2) is 26.0 Å².